The highest BCUT2D eigenvalue weighted by Crippen LogP contribution is 2.34. The Morgan fingerprint density at radius 1 is 0.882 bits per heavy atom. The van der Waals surface area contributed by atoms with Gasteiger partial charge in [-0.15, -0.1) is 0 Å². The van der Waals surface area contributed by atoms with Gasteiger partial charge in [-0.2, -0.15) is 0 Å². The summed E-state index contributed by atoms with van der Waals surface area (Å²) in [5.74, 6) is 0.158. The van der Waals surface area contributed by atoms with Crippen molar-refractivity contribution >= 4 is 33.2 Å². The molecule has 0 saturated carbocycles. The van der Waals surface area contributed by atoms with E-state index in [1.54, 1.807) is 62.4 Å². The van der Waals surface area contributed by atoms with Crippen molar-refractivity contribution in [1.29, 1.82) is 0 Å². The zero-order valence-corrected chi connectivity index (χ0v) is 19.4. The van der Waals surface area contributed by atoms with Gasteiger partial charge in [-0.1, -0.05) is 25.1 Å². The fourth-order valence-electron chi connectivity index (χ4n) is 3.44. The summed E-state index contributed by atoms with van der Waals surface area (Å²) in [6.45, 7) is 3.73. The van der Waals surface area contributed by atoms with Crippen LogP contribution in [0.4, 0.5) is 11.4 Å². The third-order valence-corrected chi connectivity index (χ3v) is 6.69. The number of nitrogens with one attached hydrogen (secondary N) is 3. The average molecular weight is 482 g/mol. The number of anilines is 2. The Kier molecular flexibility index (Phi) is 6.53. The van der Waals surface area contributed by atoms with Gasteiger partial charge in [-0.3, -0.25) is 9.59 Å². The van der Waals surface area contributed by atoms with Gasteiger partial charge in [-0.25, -0.2) is 13.1 Å². The lowest BCUT2D eigenvalue weighted by atomic mass is 10.1. The minimum absolute atomic E-state index is 0.0149. The second-order valence-corrected chi connectivity index (χ2v) is 9.27. The second kappa shape index (κ2) is 9.54. The number of ether oxygens (including phenoxy) is 2. The van der Waals surface area contributed by atoms with Crippen LogP contribution in [0.2, 0.25) is 0 Å². The van der Waals surface area contributed by atoms with Crippen LogP contribution in [0.1, 0.15) is 33.2 Å². The molecule has 176 valence electrons. The van der Waals surface area contributed by atoms with Gasteiger partial charge in [0.25, 0.3) is 11.8 Å². The summed E-state index contributed by atoms with van der Waals surface area (Å²) < 4.78 is 37.7. The minimum atomic E-state index is -3.73. The number of hydrogen-bond donors (Lipinski definition) is 3. The maximum absolute atomic E-state index is 13.0. The lowest BCUT2D eigenvalue weighted by Crippen LogP contribution is -2.24. The minimum Gasteiger partial charge on any atom is -0.454 e. The number of rotatable bonds is 7. The number of sulfonamides is 1. The van der Waals surface area contributed by atoms with E-state index in [0.717, 1.165) is 0 Å². The van der Waals surface area contributed by atoms with E-state index in [-0.39, 0.29) is 35.0 Å². The zero-order valence-electron chi connectivity index (χ0n) is 18.5. The van der Waals surface area contributed by atoms with E-state index in [2.05, 4.69) is 15.4 Å². The first-order valence-electron chi connectivity index (χ1n) is 10.5. The van der Waals surface area contributed by atoms with Gasteiger partial charge in [0.05, 0.1) is 16.1 Å². The molecule has 3 aromatic carbocycles. The Balaban J connectivity index is 1.56. The first kappa shape index (κ1) is 23.3. The average Bonchev–Trinajstić information content (AvgIpc) is 3.27. The van der Waals surface area contributed by atoms with Gasteiger partial charge < -0.3 is 20.1 Å². The van der Waals surface area contributed by atoms with Crippen LogP contribution in [0.15, 0.2) is 65.6 Å². The van der Waals surface area contributed by atoms with E-state index in [1.165, 1.54) is 12.1 Å². The maximum atomic E-state index is 13.0. The fraction of sp³-hybridized carbons (Fsp3) is 0.167. The number of para-hydroxylation sites is 1. The molecule has 9 nitrogen and oxygen atoms in total. The van der Waals surface area contributed by atoms with Gasteiger partial charge in [0, 0.05) is 23.9 Å². The van der Waals surface area contributed by atoms with Crippen molar-refractivity contribution in [3.05, 3.63) is 77.4 Å². The molecule has 1 aliphatic heterocycles. The molecular formula is C24H23N3O6S. The second-order valence-electron chi connectivity index (χ2n) is 7.50. The molecule has 0 fully saturated rings. The van der Waals surface area contributed by atoms with Crippen LogP contribution < -0.4 is 24.8 Å². The molecule has 0 aliphatic carbocycles. The molecule has 1 heterocycles. The Morgan fingerprint density at radius 3 is 2.41 bits per heavy atom. The Hall–Kier alpha value is -3.89. The number of amides is 2. The van der Waals surface area contributed by atoms with E-state index in [4.69, 9.17) is 9.47 Å². The molecule has 1 aliphatic rings. The lowest BCUT2D eigenvalue weighted by molar-refractivity contribution is 0.102. The van der Waals surface area contributed by atoms with Crippen LogP contribution in [0.3, 0.4) is 0 Å². The maximum Gasteiger partial charge on any atom is 0.257 e. The van der Waals surface area contributed by atoms with Crippen LogP contribution >= 0.6 is 0 Å². The largest absolute Gasteiger partial charge is 0.454 e. The van der Waals surface area contributed by atoms with Crippen LogP contribution in [0.5, 0.6) is 11.5 Å². The highest BCUT2D eigenvalue weighted by atomic mass is 32.2. The molecule has 0 bridgehead atoms. The van der Waals surface area contributed by atoms with Crippen molar-refractivity contribution in [3.63, 3.8) is 0 Å². The Bertz CT molecular complexity index is 1370. The molecule has 4 rings (SSSR count). The van der Waals surface area contributed by atoms with Crippen molar-refractivity contribution < 1.29 is 27.5 Å². The van der Waals surface area contributed by atoms with Gasteiger partial charge >= 0.3 is 0 Å². The highest BCUT2D eigenvalue weighted by Gasteiger charge is 2.20. The number of carbonyl (C=O) groups is 2. The van der Waals surface area contributed by atoms with Gasteiger partial charge in [0.1, 0.15) is 0 Å². The van der Waals surface area contributed by atoms with E-state index in [9.17, 15) is 18.0 Å². The molecule has 0 saturated heterocycles. The number of aryl methyl sites for hydroxylation is 1. The van der Waals surface area contributed by atoms with Crippen molar-refractivity contribution in [2.45, 2.75) is 18.7 Å². The predicted molar refractivity (Wildman–Crippen MR) is 127 cm³/mol. The van der Waals surface area contributed by atoms with Crippen LogP contribution in [-0.4, -0.2) is 33.6 Å². The summed E-state index contributed by atoms with van der Waals surface area (Å²) in [6, 6.07) is 15.9. The van der Waals surface area contributed by atoms with Crippen LogP contribution in [-0.2, 0) is 10.0 Å². The van der Waals surface area contributed by atoms with Gasteiger partial charge in [0.2, 0.25) is 16.8 Å². The summed E-state index contributed by atoms with van der Waals surface area (Å²) in [7, 11) is -3.73. The number of hydrogen-bond acceptors (Lipinski definition) is 6. The molecule has 0 unspecified atom stereocenters. The number of fused-ring (bicyclic) bond motifs is 1. The lowest BCUT2D eigenvalue weighted by Gasteiger charge is -2.14. The summed E-state index contributed by atoms with van der Waals surface area (Å²) in [5.41, 5.74) is 1.81. The standard InChI is InChI=1S/C24H23N3O6S/c1-3-25-34(30,31)17-10-8-15(2)19(13-17)24(29)27-20-7-5-4-6-18(20)23(28)26-16-9-11-21-22(12-16)33-14-32-21/h4-13,25H,3,14H2,1-2H3,(H,26,28)(H,27,29). The summed E-state index contributed by atoms with van der Waals surface area (Å²) in [6.07, 6.45) is 0. The van der Waals surface area contributed by atoms with Crippen LogP contribution in [0.25, 0.3) is 0 Å². The SMILES string of the molecule is CCNS(=O)(=O)c1ccc(C)c(C(=O)Nc2ccccc2C(=O)Nc2ccc3c(c2)OCO3)c1. The first-order valence-corrected chi connectivity index (χ1v) is 12.0. The van der Waals surface area contributed by atoms with E-state index in [0.29, 0.717) is 22.7 Å². The molecule has 34 heavy (non-hydrogen) atoms. The highest BCUT2D eigenvalue weighted by molar-refractivity contribution is 7.89. The fourth-order valence-corrected chi connectivity index (χ4v) is 4.51. The van der Waals surface area contributed by atoms with E-state index in [1.807, 2.05) is 0 Å². The molecule has 0 aromatic heterocycles. The molecule has 2 amide bonds. The van der Waals surface area contributed by atoms with Crippen LogP contribution in [0, 0.1) is 6.92 Å². The van der Waals surface area contributed by atoms with Gasteiger partial charge in [-0.05, 0) is 48.9 Å². The third-order valence-electron chi connectivity index (χ3n) is 5.15. The molecule has 0 spiro atoms. The molecule has 3 N–H and O–H groups in total. The molecule has 0 radical (unpaired) electrons. The molecule has 10 heteroatoms. The Morgan fingerprint density at radius 2 is 1.62 bits per heavy atom. The first-order chi connectivity index (χ1) is 16.3. The van der Waals surface area contributed by atoms with E-state index >= 15 is 0 Å². The van der Waals surface area contributed by atoms with Crippen molar-refractivity contribution in [2.24, 2.45) is 0 Å². The summed E-state index contributed by atoms with van der Waals surface area (Å²) in [4.78, 5) is 26.0. The van der Waals surface area contributed by atoms with E-state index < -0.39 is 21.8 Å². The summed E-state index contributed by atoms with van der Waals surface area (Å²) >= 11 is 0. The van der Waals surface area contributed by atoms with Crippen molar-refractivity contribution in [1.82, 2.24) is 4.72 Å². The van der Waals surface area contributed by atoms with Crippen molar-refractivity contribution in [3.8, 4) is 11.5 Å². The Labute approximate surface area is 197 Å². The molecule has 3 aromatic rings. The topological polar surface area (TPSA) is 123 Å². The quantitative estimate of drug-likeness (QED) is 0.475. The normalized spacial score (nSPS) is 12.3. The smallest absolute Gasteiger partial charge is 0.257 e. The zero-order chi connectivity index (χ0) is 24.3. The number of benzene rings is 3. The predicted octanol–water partition coefficient (Wildman–Crippen LogP) is 3.53. The van der Waals surface area contributed by atoms with Gasteiger partial charge in [0.15, 0.2) is 11.5 Å². The monoisotopic (exact) mass is 481 g/mol. The molecule has 0 atom stereocenters. The number of carbonyl (C=O) groups excluding carboxylic acids is 2. The summed E-state index contributed by atoms with van der Waals surface area (Å²) in [5, 5.41) is 5.51. The molecular weight excluding hydrogens is 458 g/mol. The van der Waals surface area contributed by atoms with Crippen molar-refractivity contribution in [2.75, 3.05) is 24.0 Å². The third kappa shape index (κ3) is 4.87.